The number of sulfonamides is 1. The van der Waals surface area contributed by atoms with Gasteiger partial charge in [-0.05, 0) is 56.9 Å². The first kappa shape index (κ1) is 19.9. The fourth-order valence-corrected chi connectivity index (χ4v) is 4.38. The number of rotatable bonds is 4. The van der Waals surface area contributed by atoms with Crippen LogP contribution in [-0.4, -0.2) is 25.2 Å². The van der Waals surface area contributed by atoms with E-state index in [4.69, 9.17) is 0 Å². The van der Waals surface area contributed by atoms with E-state index >= 15 is 0 Å². The third-order valence-electron chi connectivity index (χ3n) is 4.65. The molecule has 0 spiro atoms. The van der Waals surface area contributed by atoms with E-state index in [0.29, 0.717) is 5.56 Å². The lowest BCUT2D eigenvalue weighted by molar-refractivity contribution is -0.120. The van der Waals surface area contributed by atoms with E-state index < -0.39 is 15.9 Å². The molecule has 0 radical (unpaired) electrons. The molecular weight excluding hydrogens is 370 g/mol. The van der Waals surface area contributed by atoms with Crippen molar-refractivity contribution in [1.82, 2.24) is 4.31 Å². The van der Waals surface area contributed by atoms with Gasteiger partial charge < -0.3 is 0 Å². The average Bonchev–Trinajstić information content (AvgIpc) is 2.72. The summed E-state index contributed by atoms with van der Waals surface area (Å²) in [4.78, 5) is 12.9. The molecular formula is C23H23NO3S. The van der Waals surface area contributed by atoms with Crippen LogP contribution in [0.25, 0.3) is 0 Å². The van der Waals surface area contributed by atoms with E-state index in [-0.39, 0.29) is 11.4 Å². The molecule has 1 aliphatic carbocycles. The molecule has 2 aromatic rings. The zero-order valence-corrected chi connectivity index (χ0v) is 16.7. The van der Waals surface area contributed by atoms with E-state index in [9.17, 15) is 13.2 Å². The minimum absolute atomic E-state index is 0.0541. The number of hydrogen-bond donors (Lipinski definition) is 0. The molecule has 0 fully saturated rings. The molecule has 5 heteroatoms. The largest absolute Gasteiger partial charge is 0.312 e. The number of carbonyl (C=O) groups excluding carboxylic acids is 1. The van der Waals surface area contributed by atoms with Crippen molar-refractivity contribution in [2.24, 2.45) is 0 Å². The van der Waals surface area contributed by atoms with Crippen molar-refractivity contribution in [3.63, 3.8) is 0 Å². The summed E-state index contributed by atoms with van der Waals surface area (Å²) in [5.41, 5.74) is 2.59. The predicted octanol–water partition coefficient (Wildman–Crippen LogP) is 4.06. The Morgan fingerprint density at radius 3 is 2.39 bits per heavy atom. The molecule has 4 nitrogen and oxygen atoms in total. The maximum absolute atomic E-state index is 13.2. The van der Waals surface area contributed by atoms with E-state index in [1.54, 1.807) is 24.3 Å². The maximum Gasteiger partial charge on any atom is 0.312 e. The lowest BCUT2D eigenvalue weighted by Crippen LogP contribution is -2.37. The van der Waals surface area contributed by atoms with Crippen LogP contribution in [0.3, 0.4) is 0 Å². The van der Waals surface area contributed by atoms with Crippen molar-refractivity contribution in [3.8, 4) is 11.8 Å². The summed E-state index contributed by atoms with van der Waals surface area (Å²) < 4.78 is 27.3. The number of nitrogens with zero attached hydrogens (tertiary/aromatic N) is 1. The molecule has 3 rings (SSSR count). The minimum atomic E-state index is -3.98. The normalized spacial score (nSPS) is 13.8. The molecule has 28 heavy (non-hydrogen) atoms. The SMILES string of the molecule is Cc1ccc(S(=O)(=O)N(CC2=CCCCC2)C(=O)C#Cc2ccccc2)cc1. The van der Waals surface area contributed by atoms with Crippen LogP contribution < -0.4 is 0 Å². The summed E-state index contributed by atoms with van der Waals surface area (Å²) in [6.07, 6.45) is 5.86. The standard InChI is InChI=1S/C23H23NO3S/c1-19-12-15-22(16-13-19)28(26,27)24(18-21-10-6-3-7-11-21)23(25)17-14-20-8-4-2-5-9-20/h2,4-5,8-10,12-13,15-16H,3,6-7,11,18H2,1H3. The monoisotopic (exact) mass is 393 g/mol. The molecule has 1 amide bonds. The molecule has 0 atom stereocenters. The summed E-state index contributed by atoms with van der Waals surface area (Å²) in [5, 5.41) is 0. The van der Waals surface area contributed by atoms with Gasteiger partial charge in [-0.15, -0.1) is 0 Å². The maximum atomic E-state index is 13.2. The van der Waals surface area contributed by atoms with Crippen LogP contribution in [0.15, 0.2) is 71.1 Å². The first-order valence-electron chi connectivity index (χ1n) is 9.35. The summed E-state index contributed by atoms with van der Waals surface area (Å²) in [6.45, 7) is 1.94. The van der Waals surface area contributed by atoms with Crippen LogP contribution in [0.4, 0.5) is 0 Å². The van der Waals surface area contributed by atoms with Gasteiger partial charge in [0.2, 0.25) is 0 Å². The second-order valence-electron chi connectivity index (χ2n) is 6.85. The molecule has 0 bridgehead atoms. The fourth-order valence-electron chi connectivity index (χ4n) is 3.05. The zero-order valence-electron chi connectivity index (χ0n) is 15.9. The van der Waals surface area contributed by atoms with Gasteiger partial charge in [0.15, 0.2) is 0 Å². The number of aryl methyl sites for hydroxylation is 1. The number of hydrogen-bond acceptors (Lipinski definition) is 3. The van der Waals surface area contributed by atoms with Gasteiger partial charge in [-0.3, -0.25) is 4.79 Å². The average molecular weight is 394 g/mol. The van der Waals surface area contributed by atoms with Gasteiger partial charge in [0.1, 0.15) is 0 Å². The Morgan fingerprint density at radius 1 is 1.04 bits per heavy atom. The molecule has 0 aliphatic heterocycles. The third-order valence-corrected chi connectivity index (χ3v) is 6.40. The topological polar surface area (TPSA) is 54.5 Å². The smallest absolute Gasteiger partial charge is 0.258 e. The highest BCUT2D eigenvalue weighted by molar-refractivity contribution is 7.89. The van der Waals surface area contributed by atoms with Gasteiger partial charge in [-0.1, -0.05) is 53.5 Å². The quantitative estimate of drug-likeness (QED) is 0.581. The van der Waals surface area contributed by atoms with Crippen LogP contribution in [0, 0.1) is 18.8 Å². The predicted molar refractivity (Wildman–Crippen MR) is 110 cm³/mol. The Kier molecular flexibility index (Phi) is 6.33. The second kappa shape index (κ2) is 8.90. The molecule has 0 saturated carbocycles. The molecule has 0 unspecified atom stereocenters. The van der Waals surface area contributed by atoms with Crippen molar-refractivity contribution in [3.05, 3.63) is 77.4 Å². The third kappa shape index (κ3) is 4.90. The van der Waals surface area contributed by atoms with Crippen molar-refractivity contribution >= 4 is 15.9 Å². The second-order valence-corrected chi connectivity index (χ2v) is 8.72. The number of allylic oxidation sites excluding steroid dienone is 1. The molecule has 0 heterocycles. The molecule has 0 N–H and O–H groups in total. The number of carbonyl (C=O) groups is 1. The van der Waals surface area contributed by atoms with Gasteiger partial charge >= 0.3 is 5.91 Å². The van der Waals surface area contributed by atoms with Crippen LogP contribution in [0.1, 0.15) is 36.8 Å². The molecule has 144 valence electrons. The van der Waals surface area contributed by atoms with Crippen LogP contribution in [-0.2, 0) is 14.8 Å². The number of benzene rings is 2. The molecule has 2 aromatic carbocycles. The van der Waals surface area contributed by atoms with Crippen LogP contribution in [0.5, 0.6) is 0 Å². The first-order valence-corrected chi connectivity index (χ1v) is 10.8. The Labute approximate surface area is 166 Å². The Morgan fingerprint density at radius 2 is 1.75 bits per heavy atom. The van der Waals surface area contributed by atoms with Gasteiger partial charge in [-0.2, -0.15) is 0 Å². The van der Waals surface area contributed by atoms with E-state index in [2.05, 4.69) is 11.8 Å². The Balaban J connectivity index is 1.94. The van der Waals surface area contributed by atoms with Crippen molar-refractivity contribution in [2.75, 3.05) is 6.54 Å². The molecule has 0 saturated heterocycles. The van der Waals surface area contributed by atoms with Gasteiger partial charge in [-0.25, -0.2) is 12.7 Å². The summed E-state index contributed by atoms with van der Waals surface area (Å²) >= 11 is 0. The van der Waals surface area contributed by atoms with Crippen molar-refractivity contribution in [1.29, 1.82) is 0 Å². The van der Waals surface area contributed by atoms with Crippen LogP contribution in [0.2, 0.25) is 0 Å². The van der Waals surface area contributed by atoms with Crippen molar-refractivity contribution < 1.29 is 13.2 Å². The lowest BCUT2D eigenvalue weighted by atomic mass is 10.00. The molecule has 1 aliphatic rings. The summed E-state index contributed by atoms with van der Waals surface area (Å²) in [7, 11) is -3.98. The lowest BCUT2D eigenvalue weighted by Gasteiger charge is -2.23. The van der Waals surface area contributed by atoms with E-state index in [1.165, 1.54) is 12.1 Å². The highest BCUT2D eigenvalue weighted by atomic mass is 32.2. The van der Waals surface area contributed by atoms with Gasteiger partial charge in [0.25, 0.3) is 10.0 Å². The minimum Gasteiger partial charge on any atom is -0.258 e. The first-order chi connectivity index (χ1) is 13.5. The Hall–Kier alpha value is -2.84. The summed E-state index contributed by atoms with van der Waals surface area (Å²) in [5.74, 6) is 4.56. The van der Waals surface area contributed by atoms with Gasteiger partial charge in [0.05, 0.1) is 11.4 Å². The highest BCUT2D eigenvalue weighted by Gasteiger charge is 2.29. The highest BCUT2D eigenvalue weighted by Crippen LogP contribution is 2.23. The van der Waals surface area contributed by atoms with E-state index in [0.717, 1.165) is 41.1 Å². The van der Waals surface area contributed by atoms with E-state index in [1.807, 2.05) is 31.2 Å². The molecule has 0 aromatic heterocycles. The summed E-state index contributed by atoms with van der Waals surface area (Å²) in [6, 6.07) is 15.6. The Bertz CT molecular complexity index is 1030. The fraction of sp³-hybridized carbons (Fsp3) is 0.261. The van der Waals surface area contributed by atoms with Crippen LogP contribution >= 0.6 is 0 Å². The zero-order chi connectivity index (χ0) is 20.0. The number of amides is 1. The van der Waals surface area contributed by atoms with Crippen molar-refractivity contribution in [2.45, 2.75) is 37.5 Å². The van der Waals surface area contributed by atoms with Gasteiger partial charge in [0, 0.05) is 11.5 Å².